The van der Waals surface area contributed by atoms with Crippen LogP contribution in [-0.4, -0.2) is 38.6 Å². The van der Waals surface area contributed by atoms with Crippen LogP contribution in [0.5, 0.6) is 0 Å². The zero-order valence-corrected chi connectivity index (χ0v) is 26.6. The number of fused-ring (bicyclic) bond motifs is 1. The third-order valence-corrected chi connectivity index (χ3v) is 9.17. The summed E-state index contributed by atoms with van der Waals surface area (Å²) < 4.78 is 19.8. The molecule has 48 heavy (non-hydrogen) atoms. The molecule has 12 heteroatoms. The van der Waals surface area contributed by atoms with Gasteiger partial charge in [0.2, 0.25) is 0 Å². The predicted octanol–water partition coefficient (Wildman–Crippen LogP) is 6.88. The molecule has 0 saturated carbocycles. The van der Waals surface area contributed by atoms with Gasteiger partial charge in [-0.1, -0.05) is 89.9 Å². The summed E-state index contributed by atoms with van der Waals surface area (Å²) in [5.74, 6) is -2.30. The number of anilines is 1. The highest BCUT2D eigenvalue weighted by Gasteiger charge is 2.42. The Hall–Kier alpha value is -4.84. The number of aliphatic hydroxyl groups is 1. The molecule has 1 fully saturated rings. The number of hydrogen-bond acceptors (Lipinski definition) is 8. The van der Waals surface area contributed by atoms with E-state index in [0.29, 0.717) is 17.8 Å². The zero-order valence-electron chi connectivity index (χ0n) is 25.1. The summed E-state index contributed by atoms with van der Waals surface area (Å²) in [4.78, 5) is 41.2. The highest BCUT2D eigenvalue weighted by molar-refractivity contribution is 6.40. The number of carbonyl (C=O) groups is 3. The van der Waals surface area contributed by atoms with Crippen molar-refractivity contribution < 1.29 is 33.7 Å². The van der Waals surface area contributed by atoms with E-state index in [-0.39, 0.29) is 39.5 Å². The van der Waals surface area contributed by atoms with Crippen molar-refractivity contribution in [2.75, 3.05) is 5.32 Å². The van der Waals surface area contributed by atoms with Crippen LogP contribution in [0.25, 0.3) is 0 Å². The Morgan fingerprint density at radius 3 is 2.31 bits per heavy atom. The van der Waals surface area contributed by atoms with E-state index in [1.165, 1.54) is 18.2 Å². The minimum absolute atomic E-state index is 0.0433. The number of amides is 1. The van der Waals surface area contributed by atoms with E-state index in [2.05, 4.69) is 15.0 Å². The van der Waals surface area contributed by atoms with Crippen molar-refractivity contribution in [1.82, 2.24) is 9.55 Å². The third-order valence-electron chi connectivity index (χ3n) is 8.40. The van der Waals surface area contributed by atoms with Crippen LogP contribution in [0, 0.1) is 0 Å². The number of aliphatic hydroxyl groups excluding tert-OH is 1. The van der Waals surface area contributed by atoms with Gasteiger partial charge in [0.1, 0.15) is 5.15 Å². The van der Waals surface area contributed by atoms with E-state index in [0.717, 1.165) is 16.7 Å². The lowest BCUT2D eigenvalue weighted by molar-refractivity contribution is -0.263. The highest BCUT2D eigenvalue weighted by atomic mass is 35.5. The number of ether oxygens (including phenoxy) is 3. The van der Waals surface area contributed by atoms with Crippen molar-refractivity contribution >= 4 is 46.7 Å². The van der Waals surface area contributed by atoms with Gasteiger partial charge in [0.05, 0.1) is 42.8 Å². The van der Waals surface area contributed by atoms with Gasteiger partial charge in [-0.05, 0) is 47.0 Å². The molecule has 0 aliphatic carbocycles. The van der Waals surface area contributed by atoms with Crippen LogP contribution in [0.2, 0.25) is 10.3 Å². The lowest BCUT2D eigenvalue weighted by atomic mass is 9.83. The molecule has 1 aromatic heterocycles. The van der Waals surface area contributed by atoms with Crippen molar-refractivity contribution in [3.05, 3.63) is 153 Å². The number of cyclic esters (lactones) is 2. The van der Waals surface area contributed by atoms with Gasteiger partial charge in [-0.2, -0.15) is 0 Å². The first-order chi connectivity index (χ1) is 23.3. The first-order valence-electron chi connectivity index (χ1n) is 15.0. The molecule has 2 aliphatic rings. The van der Waals surface area contributed by atoms with E-state index in [1.807, 2.05) is 60.7 Å². The van der Waals surface area contributed by atoms with Gasteiger partial charge in [-0.15, -0.1) is 0 Å². The van der Waals surface area contributed by atoms with Crippen LogP contribution < -0.4 is 5.32 Å². The molecule has 0 radical (unpaired) electrons. The quantitative estimate of drug-likeness (QED) is 0.134. The average Bonchev–Trinajstić information content (AvgIpc) is 3.59. The largest absolute Gasteiger partial charge is 0.392 e. The third kappa shape index (κ3) is 6.24. The fourth-order valence-corrected chi connectivity index (χ4v) is 6.34. The van der Waals surface area contributed by atoms with E-state index >= 15 is 0 Å². The Morgan fingerprint density at radius 2 is 1.58 bits per heavy atom. The van der Waals surface area contributed by atoms with E-state index in [1.54, 1.807) is 29.1 Å². The number of imidazole rings is 1. The number of rotatable bonds is 8. The maximum atomic E-state index is 13.2. The van der Waals surface area contributed by atoms with Crippen LogP contribution in [0.1, 0.15) is 71.6 Å². The number of aromatic nitrogens is 2. The molecule has 1 saturated heterocycles. The minimum atomic E-state index is -0.868. The Morgan fingerprint density at radius 1 is 0.833 bits per heavy atom. The van der Waals surface area contributed by atoms with Crippen LogP contribution in [0.15, 0.2) is 103 Å². The molecule has 0 spiro atoms. The molecule has 242 valence electrons. The first-order valence-corrected chi connectivity index (χ1v) is 15.8. The van der Waals surface area contributed by atoms with Crippen molar-refractivity contribution in [1.29, 1.82) is 0 Å². The van der Waals surface area contributed by atoms with Crippen molar-refractivity contribution in [2.45, 2.75) is 37.6 Å². The Kier molecular flexibility index (Phi) is 8.83. The molecular formula is C36H27Cl2N3O7. The smallest absolute Gasteiger partial charge is 0.346 e. The second-order valence-electron chi connectivity index (χ2n) is 11.4. The topological polar surface area (TPSA) is 129 Å². The number of carbonyl (C=O) groups excluding carboxylic acids is 3. The lowest BCUT2D eigenvalue weighted by Gasteiger charge is -2.43. The highest BCUT2D eigenvalue weighted by Crippen LogP contribution is 2.47. The van der Waals surface area contributed by atoms with Crippen molar-refractivity contribution in [3.8, 4) is 0 Å². The summed E-state index contributed by atoms with van der Waals surface area (Å²) in [6, 6.07) is 28.8. The molecule has 2 N–H and O–H groups in total. The molecule has 10 nitrogen and oxygen atoms in total. The van der Waals surface area contributed by atoms with Crippen LogP contribution in [0.3, 0.4) is 0 Å². The molecule has 0 bridgehead atoms. The maximum absolute atomic E-state index is 13.2. The lowest BCUT2D eigenvalue weighted by Crippen LogP contribution is -2.39. The van der Waals surface area contributed by atoms with Gasteiger partial charge < -0.3 is 29.2 Å². The summed E-state index contributed by atoms with van der Waals surface area (Å²) in [5.41, 5.74) is 4.08. The second kappa shape index (κ2) is 13.3. The first kappa shape index (κ1) is 31.7. The molecular weight excluding hydrogens is 657 g/mol. The number of hydrogen-bond donors (Lipinski definition) is 2. The standard InChI is InChI=1S/C36H27Cl2N3O7/c37-31-32(38)41(19-39-31)17-28-29(21-5-2-1-3-6-21)30(22-11-9-20(18-42)10-12-22)47-36(46-28)24-7-4-8-25(15-24)40-33(43)23-13-14-26-27(16-23)35(45)48-34(26)44/h1-16,19,28-30,36,42H,17-18H2,(H,40,43)/t28-,29-,30+,36?/m1/s1. The second-order valence-corrected chi connectivity index (χ2v) is 12.1. The van der Waals surface area contributed by atoms with Gasteiger partial charge in [-0.3, -0.25) is 4.79 Å². The summed E-state index contributed by atoms with van der Waals surface area (Å²) >= 11 is 12.7. The molecule has 4 atom stereocenters. The number of esters is 2. The molecule has 1 amide bonds. The van der Waals surface area contributed by atoms with E-state index < -0.39 is 36.3 Å². The summed E-state index contributed by atoms with van der Waals surface area (Å²) in [7, 11) is 0. The molecule has 4 aromatic carbocycles. The van der Waals surface area contributed by atoms with Crippen molar-refractivity contribution in [3.63, 3.8) is 0 Å². The molecule has 5 aromatic rings. The van der Waals surface area contributed by atoms with Crippen molar-refractivity contribution in [2.24, 2.45) is 0 Å². The maximum Gasteiger partial charge on any atom is 0.346 e. The average molecular weight is 685 g/mol. The number of halogens is 2. The molecule has 7 rings (SSSR count). The Bertz CT molecular complexity index is 2020. The number of nitrogens with zero attached hydrogens (tertiary/aromatic N) is 2. The van der Waals surface area contributed by atoms with E-state index in [4.69, 9.17) is 32.7 Å². The van der Waals surface area contributed by atoms with Crippen LogP contribution in [0.4, 0.5) is 5.69 Å². The van der Waals surface area contributed by atoms with Gasteiger partial charge in [-0.25, -0.2) is 14.6 Å². The van der Waals surface area contributed by atoms with Gasteiger partial charge in [0, 0.05) is 22.7 Å². The van der Waals surface area contributed by atoms with Gasteiger partial charge >= 0.3 is 11.9 Å². The Balaban J connectivity index is 1.22. The number of benzene rings is 4. The monoisotopic (exact) mass is 683 g/mol. The number of nitrogens with one attached hydrogen (secondary N) is 1. The molecule has 3 heterocycles. The van der Waals surface area contributed by atoms with Gasteiger partial charge in [0.25, 0.3) is 5.91 Å². The zero-order chi connectivity index (χ0) is 33.4. The van der Waals surface area contributed by atoms with Gasteiger partial charge in [0.15, 0.2) is 11.4 Å². The Labute approximate surface area is 284 Å². The molecule has 1 unspecified atom stereocenters. The van der Waals surface area contributed by atoms with Crippen LogP contribution in [-0.2, 0) is 27.4 Å². The minimum Gasteiger partial charge on any atom is -0.392 e. The normalized spacial score (nSPS) is 20.3. The summed E-state index contributed by atoms with van der Waals surface area (Å²) in [5, 5.41) is 13.0. The van der Waals surface area contributed by atoms with Crippen LogP contribution >= 0.6 is 23.2 Å². The summed E-state index contributed by atoms with van der Waals surface area (Å²) in [6.45, 7) is 0.219. The van der Waals surface area contributed by atoms with E-state index in [9.17, 15) is 19.5 Å². The predicted molar refractivity (Wildman–Crippen MR) is 176 cm³/mol. The molecule has 2 aliphatic heterocycles. The fourth-order valence-electron chi connectivity index (χ4n) is 6.02. The summed E-state index contributed by atoms with van der Waals surface area (Å²) in [6.07, 6.45) is -0.277. The fraction of sp³-hybridized carbons (Fsp3) is 0.167. The SMILES string of the molecule is O=C(Nc1cccc(C2O[C@H](Cn3cnc(Cl)c3Cl)[C@@H](c3ccccc3)[C@H](c3ccc(CO)cc3)O2)c1)c1ccc2c(c1)C(=O)OC2=O.